The van der Waals surface area contributed by atoms with Crippen molar-refractivity contribution in [3.05, 3.63) is 164 Å². The standard InChI is InChI=1S/C27H29FN2O3.C22H25FN2O2/c28-23-8-3-19(4-9-23)2-1-14-30(17-20-13-15-32-18-20)24-10-5-21(6-11-24)22-7-12-25-26(16-22)33-27(31)29-25;23-18-8-3-15(4-9-18)2-1-13-24-19-10-5-16(6-11-19)17-7-12-20-21(14-17)27-22(26)25-20/h3-4,7-9,12-13,15-16,18,21,24H,1-2,5-6,10-11,14,17H2,(H,29,31);3-4,7-9,12,14,16,19,24H,1-2,5-6,10-11,13H2,(H,25,26). The van der Waals surface area contributed by atoms with Crippen molar-refractivity contribution in [1.82, 2.24) is 20.2 Å². The van der Waals surface area contributed by atoms with E-state index >= 15 is 0 Å². The number of oxazole rings is 2. The van der Waals surface area contributed by atoms with E-state index in [0.29, 0.717) is 35.1 Å². The Balaban J connectivity index is 0.000000170. The molecule has 0 atom stereocenters. The van der Waals surface area contributed by atoms with Crippen molar-refractivity contribution in [2.45, 2.75) is 108 Å². The second-order valence-corrected chi connectivity index (χ2v) is 16.6. The van der Waals surface area contributed by atoms with Crippen molar-refractivity contribution >= 4 is 22.2 Å². The first-order valence-electron chi connectivity index (χ1n) is 21.5. The zero-order valence-electron chi connectivity index (χ0n) is 34.0. The number of H-pyrrole nitrogens is 2. The van der Waals surface area contributed by atoms with Crippen LogP contribution in [0.3, 0.4) is 0 Å². The van der Waals surface area contributed by atoms with Gasteiger partial charge in [0.25, 0.3) is 0 Å². The van der Waals surface area contributed by atoms with E-state index in [4.69, 9.17) is 13.3 Å². The number of benzene rings is 4. The highest BCUT2D eigenvalue weighted by Crippen LogP contribution is 2.37. The smallest absolute Gasteiger partial charge is 0.417 e. The van der Waals surface area contributed by atoms with Gasteiger partial charge in [-0.05, 0) is 179 Å². The van der Waals surface area contributed by atoms with Crippen molar-refractivity contribution < 1.29 is 22.0 Å². The van der Waals surface area contributed by atoms with Crippen molar-refractivity contribution in [3.8, 4) is 0 Å². The Morgan fingerprint density at radius 1 is 0.617 bits per heavy atom. The fourth-order valence-corrected chi connectivity index (χ4v) is 9.23. The summed E-state index contributed by atoms with van der Waals surface area (Å²) in [6.07, 6.45) is 16.7. The number of nitrogens with one attached hydrogen (secondary N) is 3. The molecular formula is C49H54F2N4O5. The largest absolute Gasteiger partial charge is 0.472 e. The molecule has 0 spiro atoms. The Bertz CT molecular complexity index is 2510. The topological polar surface area (TPSA) is 120 Å². The lowest BCUT2D eigenvalue weighted by atomic mass is 9.81. The highest BCUT2D eigenvalue weighted by atomic mass is 19.1. The normalized spacial score (nSPS) is 19.4. The minimum atomic E-state index is -0.401. The zero-order chi connectivity index (χ0) is 41.3. The zero-order valence-corrected chi connectivity index (χ0v) is 34.0. The first kappa shape index (κ1) is 41.2. The summed E-state index contributed by atoms with van der Waals surface area (Å²) < 4.78 is 41.8. The maximum absolute atomic E-state index is 13.2. The lowest BCUT2D eigenvalue weighted by Gasteiger charge is -2.37. The van der Waals surface area contributed by atoms with E-state index in [-0.39, 0.29) is 11.6 Å². The fraction of sp³-hybridized carbons (Fsp3) is 0.388. The Labute approximate surface area is 348 Å². The van der Waals surface area contributed by atoms with E-state index in [0.717, 1.165) is 108 Å². The molecule has 2 saturated carbocycles. The number of aromatic nitrogens is 2. The van der Waals surface area contributed by atoms with Crippen molar-refractivity contribution in [1.29, 1.82) is 0 Å². The molecule has 3 heterocycles. The Morgan fingerprint density at radius 3 is 1.68 bits per heavy atom. The third-order valence-electron chi connectivity index (χ3n) is 12.6. The van der Waals surface area contributed by atoms with E-state index in [1.807, 2.05) is 60.9 Å². The molecule has 0 saturated heterocycles. The van der Waals surface area contributed by atoms with Crippen LogP contribution in [0.2, 0.25) is 0 Å². The predicted molar refractivity (Wildman–Crippen MR) is 230 cm³/mol. The van der Waals surface area contributed by atoms with Gasteiger partial charge in [0.05, 0.1) is 23.6 Å². The summed E-state index contributed by atoms with van der Waals surface area (Å²) in [6.45, 7) is 2.88. The van der Waals surface area contributed by atoms with Crippen LogP contribution in [0.15, 0.2) is 126 Å². The molecule has 314 valence electrons. The van der Waals surface area contributed by atoms with E-state index < -0.39 is 11.5 Å². The van der Waals surface area contributed by atoms with Gasteiger partial charge in [0, 0.05) is 24.2 Å². The summed E-state index contributed by atoms with van der Waals surface area (Å²) >= 11 is 0. The molecular weight excluding hydrogens is 763 g/mol. The summed E-state index contributed by atoms with van der Waals surface area (Å²) in [5.74, 6) is -0.133. The number of hydrogen-bond donors (Lipinski definition) is 3. The number of halogens is 2. The maximum Gasteiger partial charge on any atom is 0.417 e. The van der Waals surface area contributed by atoms with Crippen LogP contribution in [0.5, 0.6) is 0 Å². The molecule has 3 aromatic heterocycles. The SMILES string of the molecule is O=c1[nH]c2ccc(C3CCC(N(CCCc4ccc(F)cc4)Cc4ccoc4)CC3)cc2o1.O=c1[nH]c2ccc(C3CCC(NCCCc4ccc(F)cc4)CC3)cc2o1. The lowest BCUT2D eigenvalue weighted by molar-refractivity contribution is 0.139. The van der Waals surface area contributed by atoms with Crippen LogP contribution >= 0.6 is 0 Å². The Hall–Kier alpha value is -5.52. The second-order valence-electron chi connectivity index (χ2n) is 16.6. The van der Waals surface area contributed by atoms with Gasteiger partial charge >= 0.3 is 11.5 Å². The molecule has 0 amide bonds. The van der Waals surface area contributed by atoms with Gasteiger partial charge < -0.3 is 18.6 Å². The molecule has 9 rings (SSSR count). The van der Waals surface area contributed by atoms with Crippen LogP contribution in [0.25, 0.3) is 22.2 Å². The average Bonchev–Trinajstić information content (AvgIpc) is 4.02. The van der Waals surface area contributed by atoms with E-state index in [2.05, 4.69) is 32.3 Å². The number of fused-ring (bicyclic) bond motifs is 2. The van der Waals surface area contributed by atoms with Gasteiger partial charge in [-0.2, -0.15) is 0 Å². The molecule has 9 nitrogen and oxygen atoms in total. The second kappa shape index (κ2) is 19.7. The average molecular weight is 817 g/mol. The molecule has 0 radical (unpaired) electrons. The number of furan rings is 1. The molecule has 7 aromatic rings. The number of nitrogens with zero attached hydrogens (tertiary/aromatic N) is 1. The van der Waals surface area contributed by atoms with Gasteiger partial charge in [-0.15, -0.1) is 0 Å². The molecule has 2 aliphatic rings. The van der Waals surface area contributed by atoms with Gasteiger partial charge in [0.15, 0.2) is 11.2 Å². The highest BCUT2D eigenvalue weighted by molar-refractivity contribution is 5.73. The monoisotopic (exact) mass is 816 g/mol. The molecule has 4 aromatic carbocycles. The van der Waals surface area contributed by atoms with E-state index in [9.17, 15) is 18.4 Å². The Kier molecular flexibility index (Phi) is 13.5. The van der Waals surface area contributed by atoms with Crippen LogP contribution in [-0.2, 0) is 19.4 Å². The number of rotatable bonds is 14. The van der Waals surface area contributed by atoms with Crippen LogP contribution in [0.1, 0.15) is 104 Å². The Morgan fingerprint density at radius 2 is 1.15 bits per heavy atom. The summed E-state index contributed by atoms with van der Waals surface area (Å²) in [5, 5.41) is 3.67. The van der Waals surface area contributed by atoms with Crippen LogP contribution < -0.4 is 16.8 Å². The first-order chi connectivity index (χ1) is 29.3. The van der Waals surface area contributed by atoms with Crippen LogP contribution in [0.4, 0.5) is 8.78 Å². The van der Waals surface area contributed by atoms with E-state index in [1.54, 1.807) is 6.26 Å². The molecule has 0 bridgehead atoms. The van der Waals surface area contributed by atoms with E-state index in [1.165, 1.54) is 52.1 Å². The number of hydrogen-bond acceptors (Lipinski definition) is 7. The van der Waals surface area contributed by atoms with Gasteiger partial charge in [0.1, 0.15) is 11.6 Å². The number of aryl methyl sites for hydroxylation is 2. The quantitative estimate of drug-likeness (QED) is 0.0935. The van der Waals surface area contributed by atoms with Gasteiger partial charge in [-0.25, -0.2) is 18.4 Å². The molecule has 0 aliphatic heterocycles. The van der Waals surface area contributed by atoms with Gasteiger partial charge in [-0.3, -0.25) is 14.9 Å². The predicted octanol–water partition coefficient (Wildman–Crippen LogP) is 10.5. The summed E-state index contributed by atoms with van der Waals surface area (Å²) in [4.78, 5) is 30.7. The third-order valence-corrected chi connectivity index (χ3v) is 12.6. The van der Waals surface area contributed by atoms with Crippen molar-refractivity contribution in [2.75, 3.05) is 13.1 Å². The van der Waals surface area contributed by atoms with Crippen LogP contribution in [0, 0.1) is 11.6 Å². The molecule has 2 aliphatic carbocycles. The summed E-state index contributed by atoms with van der Waals surface area (Å²) in [6, 6.07) is 28.9. The highest BCUT2D eigenvalue weighted by Gasteiger charge is 2.27. The lowest BCUT2D eigenvalue weighted by Crippen LogP contribution is -2.38. The van der Waals surface area contributed by atoms with Crippen molar-refractivity contribution in [2.24, 2.45) is 0 Å². The number of aromatic amines is 2. The van der Waals surface area contributed by atoms with Gasteiger partial charge in [0.2, 0.25) is 0 Å². The minimum Gasteiger partial charge on any atom is -0.472 e. The fourth-order valence-electron chi connectivity index (χ4n) is 9.23. The minimum absolute atomic E-state index is 0.175. The van der Waals surface area contributed by atoms with Crippen LogP contribution in [-0.4, -0.2) is 40.0 Å². The van der Waals surface area contributed by atoms with Crippen molar-refractivity contribution in [3.63, 3.8) is 0 Å². The maximum atomic E-state index is 13.2. The first-order valence-corrected chi connectivity index (χ1v) is 21.5. The molecule has 0 unspecified atom stereocenters. The molecule has 11 heteroatoms. The van der Waals surface area contributed by atoms with Gasteiger partial charge in [-0.1, -0.05) is 36.4 Å². The third kappa shape index (κ3) is 11.0. The molecule has 2 fully saturated rings. The summed E-state index contributed by atoms with van der Waals surface area (Å²) in [5.41, 5.74) is 8.89. The molecule has 3 N–H and O–H groups in total. The molecule has 60 heavy (non-hydrogen) atoms. The summed E-state index contributed by atoms with van der Waals surface area (Å²) in [7, 11) is 0.